The van der Waals surface area contributed by atoms with Crippen LogP contribution in [0.15, 0.2) is 41.5 Å². The summed E-state index contributed by atoms with van der Waals surface area (Å²) in [5.41, 5.74) is 1.52. The Morgan fingerprint density at radius 3 is 2.96 bits per heavy atom. The zero-order valence-electron chi connectivity index (χ0n) is 13.8. The van der Waals surface area contributed by atoms with Crippen molar-refractivity contribution < 1.29 is 9.18 Å². The number of rotatable bonds is 2. The molecule has 0 bridgehead atoms. The lowest BCUT2D eigenvalue weighted by atomic mass is 9.88. The van der Waals surface area contributed by atoms with Gasteiger partial charge in [0.25, 0.3) is 0 Å². The van der Waals surface area contributed by atoms with Crippen LogP contribution in [0.1, 0.15) is 25.8 Å². The van der Waals surface area contributed by atoms with E-state index in [1.807, 2.05) is 31.2 Å². The fourth-order valence-corrected chi connectivity index (χ4v) is 4.06. The molecular formula is C18H17ClFN3OS. The van der Waals surface area contributed by atoms with Gasteiger partial charge in [-0.25, -0.2) is 4.98 Å². The number of aliphatic imine (C=N–C) groups is 1. The van der Waals surface area contributed by atoms with Gasteiger partial charge >= 0.3 is 0 Å². The highest BCUT2D eigenvalue weighted by atomic mass is 35.5. The van der Waals surface area contributed by atoms with Crippen LogP contribution in [0.5, 0.6) is 0 Å². The maximum Gasteiger partial charge on any atom is 0.222 e. The van der Waals surface area contributed by atoms with E-state index in [9.17, 15) is 9.18 Å². The first-order chi connectivity index (χ1) is 11.9. The van der Waals surface area contributed by atoms with Gasteiger partial charge in [0, 0.05) is 24.4 Å². The molecule has 4 nitrogen and oxygen atoms in total. The highest BCUT2D eigenvalue weighted by molar-refractivity contribution is 8.13. The number of benzene rings is 1. The number of pyridine rings is 1. The van der Waals surface area contributed by atoms with E-state index < -0.39 is 11.5 Å². The lowest BCUT2D eigenvalue weighted by molar-refractivity contribution is -0.117. The number of amides is 1. The number of thioether (sulfide) groups is 1. The SMILES string of the molecule is CC(=O)NC1=N[C@](C)(c2cccc(-c3cc(Cl)cnc3F)c2)CCS1. The van der Waals surface area contributed by atoms with Crippen molar-refractivity contribution in [2.45, 2.75) is 25.8 Å². The van der Waals surface area contributed by atoms with E-state index in [1.54, 1.807) is 6.07 Å². The largest absolute Gasteiger partial charge is 0.306 e. The molecule has 0 unspecified atom stereocenters. The maximum atomic E-state index is 14.1. The summed E-state index contributed by atoms with van der Waals surface area (Å²) in [6, 6.07) is 9.12. The van der Waals surface area contributed by atoms with Crippen molar-refractivity contribution in [1.82, 2.24) is 10.3 Å². The molecule has 0 saturated heterocycles. The third-order valence-corrected chi connectivity index (χ3v) is 5.14. The van der Waals surface area contributed by atoms with Crippen molar-refractivity contribution in [2.75, 3.05) is 5.75 Å². The molecule has 0 aliphatic carbocycles. The highest BCUT2D eigenvalue weighted by Crippen LogP contribution is 2.37. The van der Waals surface area contributed by atoms with E-state index in [0.29, 0.717) is 21.3 Å². The van der Waals surface area contributed by atoms with Crippen molar-refractivity contribution in [3.8, 4) is 11.1 Å². The van der Waals surface area contributed by atoms with Crippen LogP contribution in [-0.2, 0) is 10.3 Å². The number of aromatic nitrogens is 1. The minimum atomic E-state index is -0.562. The fourth-order valence-electron chi connectivity index (χ4n) is 2.73. The van der Waals surface area contributed by atoms with Crippen molar-refractivity contribution in [3.63, 3.8) is 0 Å². The van der Waals surface area contributed by atoms with E-state index in [1.165, 1.54) is 24.9 Å². The van der Waals surface area contributed by atoms with Gasteiger partial charge in [0.2, 0.25) is 11.9 Å². The average molecular weight is 378 g/mol. The molecule has 1 atom stereocenters. The monoisotopic (exact) mass is 377 g/mol. The lowest BCUT2D eigenvalue weighted by Crippen LogP contribution is -2.34. The van der Waals surface area contributed by atoms with Crippen molar-refractivity contribution in [2.24, 2.45) is 4.99 Å². The molecule has 25 heavy (non-hydrogen) atoms. The molecule has 1 aromatic heterocycles. The Bertz CT molecular complexity index is 858. The molecule has 1 aliphatic rings. The second-order valence-electron chi connectivity index (χ2n) is 6.04. The summed E-state index contributed by atoms with van der Waals surface area (Å²) in [6.45, 7) is 3.48. The molecule has 130 valence electrons. The molecule has 1 N–H and O–H groups in total. The third kappa shape index (κ3) is 4.02. The number of carbonyl (C=O) groups excluding carboxylic acids is 1. The molecule has 0 saturated carbocycles. The Hall–Kier alpha value is -1.92. The van der Waals surface area contributed by atoms with Gasteiger partial charge in [-0.15, -0.1) is 0 Å². The van der Waals surface area contributed by atoms with Crippen LogP contribution in [0.25, 0.3) is 11.1 Å². The Balaban J connectivity index is 2.01. The lowest BCUT2D eigenvalue weighted by Gasteiger charge is -2.31. The molecule has 7 heteroatoms. The summed E-state index contributed by atoms with van der Waals surface area (Å²) in [5, 5.41) is 3.75. The Labute approximate surface area is 154 Å². The van der Waals surface area contributed by atoms with E-state index in [4.69, 9.17) is 16.6 Å². The molecular weight excluding hydrogens is 361 g/mol. The van der Waals surface area contributed by atoms with Crippen molar-refractivity contribution in [1.29, 1.82) is 0 Å². The molecule has 0 spiro atoms. The Kier molecular flexibility index (Phi) is 5.11. The summed E-state index contributed by atoms with van der Waals surface area (Å²) in [6.07, 6.45) is 2.11. The first kappa shape index (κ1) is 17.9. The minimum Gasteiger partial charge on any atom is -0.306 e. The number of nitrogens with zero attached hydrogens (tertiary/aromatic N) is 2. The molecule has 1 amide bonds. The van der Waals surface area contributed by atoms with Crippen LogP contribution >= 0.6 is 23.4 Å². The Morgan fingerprint density at radius 2 is 2.20 bits per heavy atom. The number of hydrogen-bond acceptors (Lipinski definition) is 4. The standard InChI is InChI=1S/C18H17ClFN3OS/c1-11(24)22-17-23-18(2,6-7-25-17)13-5-3-4-12(8-13)15-9-14(19)10-21-16(15)20/h3-5,8-10H,6-7H2,1-2H3,(H,22,23,24)/t18-/m0/s1. The minimum absolute atomic E-state index is 0.142. The summed E-state index contributed by atoms with van der Waals surface area (Å²) in [5.74, 6) is 0.136. The second kappa shape index (κ2) is 7.14. The molecule has 0 fully saturated rings. The first-order valence-electron chi connectivity index (χ1n) is 7.79. The van der Waals surface area contributed by atoms with Gasteiger partial charge in [-0.1, -0.05) is 41.6 Å². The summed E-state index contributed by atoms with van der Waals surface area (Å²) >= 11 is 7.48. The van der Waals surface area contributed by atoms with Gasteiger partial charge in [0.15, 0.2) is 5.17 Å². The smallest absolute Gasteiger partial charge is 0.222 e. The van der Waals surface area contributed by atoms with Gasteiger partial charge in [0.05, 0.1) is 10.6 Å². The van der Waals surface area contributed by atoms with Gasteiger partial charge in [-0.2, -0.15) is 4.39 Å². The zero-order valence-corrected chi connectivity index (χ0v) is 15.4. The van der Waals surface area contributed by atoms with E-state index in [-0.39, 0.29) is 5.91 Å². The topological polar surface area (TPSA) is 54.4 Å². The van der Waals surface area contributed by atoms with Crippen LogP contribution in [0, 0.1) is 5.95 Å². The fraction of sp³-hybridized carbons (Fsp3) is 0.278. The number of hydrogen-bond donors (Lipinski definition) is 1. The molecule has 2 aromatic rings. The van der Waals surface area contributed by atoms with Crippen LogP contribution in [0.2, 0.25) is 5.02 Å². The number of carbonyl (C=O) groups is 1. The summed E-state index contributed by atoms with van der Waals surface area (Å²) < 4.78 is 14.1. The first-order valence-corrected chi connectivity index (χ1v) is 9.16. The predicted molar refractivity (Wildman–Crippen MR) is 100 cm³/mol. The van der Waals surface area contributed by atoms with Crippen LogP contribution in [0.4, 0.5) is 4.39 Å². The molecule has 0 radical (unpaired) electrons. The van der Waals surface area contributed by atoms with Gasteiger partial charge in [-0.05, 0) is 36.6 Å². The number of nitrogens with one attached hydrogen (secondary N) is 1. The van der Waals surface area contributed by atoms with Crippen LogP contribution in [0.3, 0.4) is 0 Å². The van der Waals surface area contributed by atoms with Crippen LogP contribution < -0.4 is 5.32 Å². The molecule has 3 rings (SSSR count). The number of halogens is 2. The van der Waals surface area contributed by atoms with E-state index >= 15 is 0 Å². The second-order valence-corrected chi connectivity index (χ2v) is 7.56. The summed E-state index contributed by atoms with van der Waals surface area (Å²) in [7, 11) is 0. The normalized spacial score (nSPS) is 20.1. The van der Waals surface area contributed by atoms with Gasteiger partial charge in [-0.3, -0.25) is 9.79 Å². The zero-order chi connectivity index (χ0) is 18.0. The summed E-state index contributed by atoms with van der Waals surface area (Å²) in [4.78, 5) is 19.7. The predicted octanol–water partition coefficient (Wildman–Crippen LogP) is 4.39. The highest BCUT2D eigenvalue weighted by Gasteiger charge is 2.30. The van der Waals surface area contributed by atoms with Gasteiger partial charge < -0.3 is 5.32 Å². The van der Waals surface area contributed by atoms with Crippen molar-refractivity contribution >= 4 is 34.4 Å². The third-order valence-electron chi connectivity index (χ3n) is 4.06. The average Bonchev–Trinajstić information content (AvgIpc) is 2.57. The molecule has 2 heterocycles. The number of amidine groups is 1. The van der Waals surface area contributed by atoms with Crippen LogP contribution in [-0.4, -0.2) is 21.8 Å². The van der Waals surface area contributed by atoms with E-state index in [0.717, 1.165) is 17.7 Å². The van der Waals surface area contributed by atoms with E-state index in [2.05, 4.69) is 10.3 Å². The van der Waals surface area contributed by atoms with Gasteiger partial charge in [0.1, 0.15) is 0 Å². The maximum absolute atomic E-state index is 14.1. The van der Waals surface area contributed by atoms with Crippen molar-refractivity contribution in [3.05, 3.63) is 53.1 Å². The quantitative estimate of drug-likeness (QED) is 0.790. The molecule has 1 aliphatic heterocycles. The Morgan fingerprint density at radius 1 is 1.40 bits per heavy atom. The molecule has 1 aromatic carbocycles.